The number of nitrogens with zero attached hydrogens (tertiary/aromatic N) is 1. The summed E-state index contributed by atoms with van der Waals surface area (Å²) in [6.45, 7) is 3.65. The lowest BCUT2D eigenvalue weighted by Crippen LogP contribution is -2.11. The van der Waals surface area contributed by atoms with E-state index in [1.54, 1.807) is 24.3 Å². The Balaban J connectivity index is 2.45. The number of carbonyl (C=O) groups is 1. The summed E-state index contributed by atoms with van der Waals surface area (Å²) in [5.41, 5.74) is 2.12. The number of aliphatic hydroxyl groups is 1. The number of carbonyl (C=O) groups excluding carboxylic acids is 1. The molecule has 1 aliphatic heterocycles. The molecule has 0 fully saturated rings. The van der Waals surface area contributed by atoms with Gasteiger partial charge in [0.25, 0.3) is 0 Å². The van der Waals surface area contributed by atoms with E-state index in [1.165, 1.54) is 7.11 Å². The van der Waals surface area contributed by atoms with Crippen LogP contribution in [0.2, 0.25) is 0 Å². The van der Waals surface area contributed by atoms with Crippen molar-refractivity contribution in [1.29, 1.82) is 0 Å². The molecule has 0 aliphatic carbocycles. The van der Waals surface area contributed by atoms with Crippen LogP contribution in [0.25, 0.3) is 6.08 Å². The van der Waals surface area contributed by atoms with E-state index in [4.69, 9.17) is 0 Å². The molecule has 0 unspecified atom stereocenters. The first kappa shape index (κ1) is 12.6. The molecular formula is C13H13NO3S. The summed E-state index contributed by atoms with van der Waals surface area (Å²) >= 11 is 1.56. The van der Waals surface area contributed by atoms with Crippen molar-refractivity contribution in [2.45, 2.75) is 13.8 Å². The van der Waals surface area contributed by atoms with Gasteiger partial charge in [-0.3, -0.25) is 0 Å². The molecule has 1 aromatic heterocycles. The number of esters is 1. The Kier molecular flexibility index (Phi) is 3.34. The second-order valence-corrected chi connectivity index (χ2v) is 4.86. The monoisotopic (exact) mass is 263 g/mol. The van der Waals surface area contributed by atoms with Gasteiger partial charge in [-0.15, -0.1) is 11.3 Å². The van der Waals surface area contributed by atoms with Gasteiger partial charge in [0, 0.05) is 4.88 Å². The molecule has 0 saturated heterocycles. The van der Waals surface area contributed by atoms with Crippen LogP contribution in [-0.2, 0) is 9.53 Å². The Labute approximate surface area is 109 Å². The van der Waals surface area contributed by atoms with Crippen LogP contribution in [0.1, 0.15) is 17.4 Å². The van der Waals surface area contributed by atoms with Gasteiger partial charge in [-0.25, -0.2) is 9.79 Å². The SMILES string of the molecule is COC(=O)C1=C(O)C(=Cc2sccc2C)N=C1C. The standard InChI is InChI=1S/C13H13NO3S/c1-7-4-5-18-10(7)6-9-12(15)11(8(2)14-9)13(16)17-3/h4-6,15H,1-3H3. The number of aryl methyl sites for hydroxylation is 1. The number of aliphatic imine (C=N–C) groups is 1. The highest BCUT2D eigenvalue weighted by molar-refractivity contribution is 7.11. The topological polar surface area (TPSA) is 58.9 Å². The quantitative estimate of drug-likeness (QED) is 0.835. The number of ether oxygens (including phenoxy) is 1. The van der Waals surface area contributed by atoms with Crippen LogP contribution in [0.5, 0.6) is 0 Å². The van der Waals surface area contributed by atoms with Crippen molar-refractivity contribution < 1.29 is 14.6 Å². The average Bonchev–Trinajstić information content (AvgIpc) is 2.85. The van der Waals surface area contributed by atoms with Crippen LogP contribution in [0, 0.1) is 6.92 Å². The molecule has 0 saturated carbocycles. The first-order chi connectivity index (χ1) is 8.54. The highest BCUT2D eigenvalue weighted by Crippen LogP contribution is 2.28. The summed E-state index contributed by atoms with van der Waals surface area (Å²) < 4.78 is 4.62. The molecule has 1 N–H and O–H groups in total. The zero-order valence-corrected chi connectivity index (χ0v) is 11.2. The Morgan fingerprint density at radius 1 is 1.50 bits per heavy atom. The van der Waals surface area contributed by atoms with Crippen molar-refractivity contribution in [3.05, 3.63) is 38.9 Å². The van der Waals surface area contributed by atoms with Crippen molar-refractivity contribution in [3.63, 3.8) is 0 Å². The van der Waals surface area contributed by atoms with Crippen LogP contribution in [-0.4, -0.2) is 23.9 Å². The molecular weight excluding hydrogens is 250 g/mol. The van der Waals surface area contributed by atoms with E-state index >= 15 is 0 Å². The maximum Gasteiger partial charge on any atom is 0.343 e. The summed E-state index contributed by atoms with van der Waals surface area (Å²) in [6.07, 6.45) is 1.77. The molecule has 0 bridgehead atoms. The Bertz CT molecular complexity index is 593. The van der Waals surface area contributed by atoms with Crippen LogP contribution in [0.4, 0.5) is 0 Å². The minimum absolute atomic E-state index is 0.118. The Morgan fingerprint density at radius 3 is 2.78 bits per heavy atom. The zero-order valence-electron chi connectivity index (χ0n) is 10.4. The van der Waals surface area contributed by atoms with Crippen molar-refractivity contribution in [2.75, 3.05) is 7.11 Å². The lowest BCUT2D eigenvalue weighted by molar-refractivity contribution is -0.135. The summed E-state index contributed by atoms with van der Waals surface area (Å²) in [4.78, 5) is 16.7. The van der Waals surface area contributed by atoms with Crippen molar-refractivity contribution in [2.24, 2.45) is 4.99 Å². The molecule has 2 rings (SSSR count). The van der Waals surface area contributed by atoms with Crippen LogP contribution >= 0.6 is 11.3 Å². The maximum absolute atomic E-state index is 11.5. The predicted octanol–water partition coefficient (Wildman–Crippen LogP) is 2.86. The first-order valence-corrected chi connectivity index (χ1v) is 6.26. The summed E-state index contributed by atoms with van der Waals surface area (Å²) in [5, 5.41) is 12.0. The summed E-state index contributed by atoms with van der Waals surface area (Å²) in [6, 6.07) is 1.99. The molecule has 0 aromatic carbocycles. The molecule has 0 spiro atoms. The number of aliphatic hydroxyl groups excluding tert-OH is 1. The molecule has 1 aromatic rings. The fourth-order valence-corrected chi connectivity index (χ4v) is 2.54. The van der Waals surface area contributed by atoms with Gasteiger partial charge in [0.15, 0.2) is 5.76 Å². The van der Waals surface area contributed by atoms with Crippen LogP contribution in [0.15, 0.2) is 33.5 Å². The summed E-state index contributed by atoms with van der Waals surface area (Å²) in [7, 11) is 1.28. The van der Waals surface area contributed by atoms with Gasteiger partial charge in [-0.2, -0.15) is 0 Å². The molecule has 18 heavy (non-hydrogen) atoms. The highest BCUT2D eigenvalue weighted by atomic mass is 32.1. The van der Waals surface area contributed by atoms with Gasteiger partial charge in [-0.1, -0.05) is 0 Å². The van der Waals surface area contributed by atoms with E-state index in [9.17, 15) is 9.90 Å². The summed E-state index contributed by atoms with van der Waals surface area (Å²) in [5.74, 6) is -0.688. The van der Waals surface area contributed by atoms with Gasteiger partial charge in [0.05, 0.1) is 12.8 Å². The lowest BCUT2D eigenvalue weighted by atomic mass is 10.1. The second kappa shape index (κ2) is 4.78. The molecule has 0 atom stereocenters. The van der Waals surface area contributed by atoms with E-state index in [-0.39, 0.29) is 11.3 Å². The van der Waals surface area contributed by atoms with E-state index in [0.717, 1.165) is 10.4 Å². The fraction of sp³-hybridized carbons (Fsp3) is 0.231. The Hall–Kier alpha value is -1.88. The van der Waals surface area contributed by atoms with Crippen molar-refractivity contribution in [1.82, 2.24) is 0 Å². The molecule has 1 aliphatic rings. The van der Waals surface area contributed by atoms with E-state index in [0.29, 0.717) is 11.4 Å². The zero-order chi connectivity index (χ0) is 13.3. The predicted molar refractivity (Wildman–Crippen MR) is 71.8 cm³/mol. The molecule has 0 radical (unpaired) electrons. The van der Waals surface area contributed by atoms with Gasteiger partial charge < -0.3 is 9.84 Å². The minimum Gasteiger partial charge on any atom is -0.505 e. The van der Waals surface area contributed by atoms with E-state index in [1.807, 2.05) is 18.4 Å². The smallest absolute Gasteiger partial charge is 0.343 e. The van der Waals surface area contributed by atoms with Gasteiger partial charge in [0.1, 0.15) is 11.3 Å². The van der Waals surface area contributed by atoms with Crippen LogP contribution in [0.3, 0.4) is 0 Å². The largest absolute Gasteiger partial charge is 0.505 e. The Morgan fingerprint density at radius 2 is 2.22 bits per heavy atom. The molecule has 4 nitrogen and oxygen atoms in total. The highest BCUT2D eigenvalue weighted by Gasteiger charge is 2.27. The number of thiophene rings is 1. The number of hydrogen-bond acceptors (Lipinski definition) is 5. The normalized spacial score (nSPS) is 17.3. The number of rotatable bonds is 2. The van der Waals surface area contributed by atoms with Gasteiger partial charge in [0.2, 0.25) is 0 Å². The number of hydrogen-bond donors (Lipinski definition) is 1. The molecule has 94 valence electrons. The van der Waals surface area contributed by atoms with E-state index in [2.05, 4.69) is 9.73 Å². The maximum atomic E-state index is 11.5. The number of methoxy groups -OCH3 is 1. The molecule has 2 heterocycles. The minimum atomic E-state index is -0.569. The third-order valence-corrected chi connectivity index (χ3v) is 3.65. The third kappa shape index (κ3) is 2.09. The third-order valence-electron chi connectivity index (χ3n) is 2.69. The first-order valence-electron chi connectivity index (χ1n) is 5.38. The molecule has 0 amide bonds. The average molecular weight is 263 g/mol. The van der Waals surface area contributed by atoms with Gasteiger partial charge >= 0.3 is 5.97 Å². The van der Waals surface area contributed by atoms with Crippen molar-refractivity contribution >= 4 is 29.1 Å². The van der Waals surface area contributed by atoms with Crippen LogP contribution < -0.4 is 0 Å². The van der Waals surface area contributed by atoms with Gasteiger partial charge in [-0.05, 0) is 36.9 Å². The molecule has 5 heteroatoms. The fourth-order valence-electron chi connectivity index (χ4n) is 1.69. The van der Waals surface area contributed by atoms with E-state index < -0.39 is 5.97 Å². The second-order valence-electron chi connectivity index (χ2n) is 3.91. The lowest BCUT2D eigenvalue weighted by Gasteiger charge is -2.00. The van der Waals surface area contributed by atoms with Crippen molar-refractivity contribution in [3.8, 4) is 0 Å².